The quantitative estimate of drug-likeness (QED) is 0.876. The molecule has 0 saturated carbocycles. The van der Waals surface area contributed by atoms with Gasteiger partial charge in [-0.25, -0.2) is 4.79 Å². The van der Waals surface area contributed by atoms with Crippen LogP contribution in [0.15, 0.2) is 30.3 Å². The third-order valence-corrected chi connectivity index (χ3v) is 2.48. The minimum absolute atomic E-state index is 0.163. The van der Waals surface area contributed by atoms with Gasteiger partial charge in [0, 0.05) is 12.6 Å². The van der Waals surface area contributed by atoms with Gasteiger partial charge in [0.1, 0.15) is 11.4 Å². The van der Waals surface area contributed by atoms with Gasteiger partial charge >= 0.3 is 5.97 Å². The van der Waals surface area contributed by atoms with Crippen LogP contribution in [0.5, 0.6) is 5.75 Å². The first-order valence-electron chi connectivity index (χ1n) is 5.03. The Kier molecular flexibility index (Phi) is 2.82. The third kappa shape index (κ3) is 2.13. The SMILES string of the molecule is COc1ccc(-c2cc(C(=O)O)n(C)n2)cc1. The number of methoxy groups -OCH3 is 1. The van der Waals surface area contributed by atoms with E-state index in [1.807, 2.05) is 24.3 Å². The summed E-state index contributed by atoms with van der Waals surface area (Å²) in [6.45, 7) is 0. The summed E-state index contributed by atoms with van der Waals surface area (Å²) in [5.41, 5.74) is 1.65. The van der Waals surface area contributed by atoms with E-state index in [2.05, 4.69) is 5.10 Å². The van der Waals surface area contributed by atoms with Crippen LogP contribution in [0.4, 0.5) is 0 Å². The summed E-state index contributed by atoms with van der Waals surface area (Å²) < 4.78 is 6.40. The standard InChI is InChI=1S/C12H12N2O3/c1-14-11(12(15)16)7-10(13-14)8-3-5-9(17-2)6-4-8/h3-7H,1-2H3,(H,15,16). The van der Waals surface area contributed by atoms with Crippen LogP contribution in [0, 0.1) is 0 Å². The van der Waals surface area contributed by atoms with E-state index in [0.717, 1.165) is 11.3 Å². The zero-order valence-corrected chi connectivity index (χ0v) is 9.54. The smallest absolute Gasteiger partial charge is 0.354 e. The first-order valence-corrected chi connectivity index (χ1v) is 5.03. The molecule has 2 rings (SSSR count). The van der Waals surface area contributed by atoms with Crippen molar-refractivity contribution < 1.29 is 14.6 Å². The van der Waals surface area contributed by atoms with E-state index in [4.69, 9.17) is 9.84 Å². The minimum atomic E-state index is -0.986. The number of aromatic carboxylic acids is 1. The molecule has 0 spiro atoms. The largest absolute Gasteiger partial charge is 0.497 e. The molecule has 88 valence electrons. The molecule has 5 nitrogen and oxygen atoms in total. The second kappa shape index (κ2) is 4.29. The van der Waals surface area contributed by atoms with Crippen LogP contribution in [-0.2, 0) is 7.05 Å². The summed E-state index contributed by atoms with van der Waals surface area (Å²) in [5.74, 6) is -0.233. The monoisotopic (exact) mass is 232 g/mol. The normalized spacial score (nSPS) is 10.2. The van der Waals surface area contributed by atoms with Crippen molar-refractivity contribution in [1.82, 2.24) is 9.78 Å². The average Bonchev–Trinajstić information content (AvgIpc) is 2.71. The van der Waals surface area contributed by atoms with E-state index in [1.54, 1.807) is 20.2 Å². The van der Waals surface area contributed by atoms with Gasteiger partial charge in [-0.2, -0.15) is 5.10 Å². The molecule has 1 aromatic carbocycles. The van der Waals surface area contributed by atoms with Crippen LogP contribution in [0.3, 0.4) is 0 Å². The fourth-order valence-electron chi connectivity index (χ4n) is 1.57. The van der Waals surface area contributed by atoms with Crippen molar-refractivity contribution in [2.24, 2.45) is 7.05 Å². The van der Waals surface area contributed by atoms with Crippen molar-refractivity contribution >= 4 is 5.97 Å². The lowest BCUT2D eigenvalue weighted by Crippen LogP contribution is -2.04. The number of rotatable bonds is 3. The lowest BCUT2D eigenvalue weighted by atomic mass is 10.1. The Morgan fingerprint density at radius 2 is 2.00 bits per heavy atom. The number of hydrogen-bond donors (Lipinski definition) is 1. The number of aromatic nitrogens is 2. The summed E-state index contributed by atoms with van der Waals surface area (Å²) in [6, 6.07) is 8.85. The zero-order chi connectivity index (χ0) is 12.4. The Morgan fingerprint density at radius 3 is 2.47 bits per heavy atom. The van der Waals surface area contributed by atoms with Crippen molar-refractivity contribution in [3.63, 3.8) is 0 Å². The van der Waals surface area contributed by atoms with Crippen LogP contribution in [0.2, 0.25) is 0 Å². The average molecular weight is 232 g/mol. The number of nitrogens with zero attached hydrogens (tertiary/aromatic N) is 2. The number of carboxylic acids is 1. The summed E-state index contributed by atoms with van der Waals surface area (Å²) in [7, 11) is 3.20. The van der Waals surface area contributed by atoms with Crippen LogP contribution in [-0.4, -0.2) is 28.0 Å². The second-order valence-corrected chi connectivity index (χ2v) is 3.57. The summed E-state index contributed by atoms with van der Waals surface area (Å²) in [4.78, 5) is 10.9. The third-order valence-electron chi connectivity index (χ3n) is 2.48. The van der Waals surface area contributed by atoms with Crippen molar-refractivity contribution in [3.05, 3.63) is 36.0 Å². The molecule has 0 amide bonds. The molecule has 17 heavy (non-hydrogen) atoms. The van der Waals surface area contributed by atoms with Gasteiger partial charge in [0.05, 0.1) is 12.8 Å². The van der Waals surface area contributed by atoms with Crippen molar-refractivity contribution in [2.75, 3.05) is 7.11 Å². The van der Waals surface area contributed by atoms with Gasteiger partial charge in [0.2, 0.25) is 0 Å². The zero-order valence-electron chi connectivity index (χ0n) is 9.54. The Balaban J connectivity index is 2.39. The Labute approximate surface area is 98.3 Å². The van der Waals surface area contributed by atoms with Gasteiger partial charge in [0.25, 0.3) is 0 Å². The predicted molar refractivity (Wildman–Crippen MR) is 62.2 cm³/mol. The molecule has 0 saturated heterocycles. The topological polar surface area (TPSA) is 64.3 Å². The molecule has 0 fully saturated rings. The number of carboxylic acid groups (broad SMARTS) is 1. The van der Waals surface area contributed by atoms with E-state index in [0.29, 0.717) is 5.69 Å². The number of hydrogen-bond acceptors (Lipinski definition) is 3. The van der Waals surface area contributed by atoms with E-state index in [-0.39, 0.29) is 5.69 Å². The van der Waals surface area contributed by atoms with E-state index < -0.39 is 5.97 Å². The second-order valence-electron chi connectivity index (χ2n) is 3.57. The highest BCUT2D eigenvalue weighted by Gasteiger charge is 2.12. The molecule has 0 atom stereocenters. The van der Waals surface area contributed by atoms with Crippen molar-refractivity contribution in [2.45, 2.75) is 0 Å². The van der Waals surface area contributed by atoms with Crippen molar-refractivity contribution in [3.8, 4) is 17.0 Å². The van der Waals surface area contributed by atoms with E-state index >= 15 is 0 Å². The van der Waals surface area contributed by atoms with Gasteiger partial charge < -0.3 is 9.84 Å². The van der Waals surface area contributed by atoms with Gasteiger partial charge in [-0.1, -0.05) is 0 Å². The number of aryl methyl sites for hydroxylation is 1. The molecule has 5 heteroatoms. The minimum Gasteiger partial charge on any atom is -0.497 e. The van der Waals surface area contributed by atoms with E-state index in [9.17, 15) is 4.79 Å². The van der Waals surface area contributed by atoms with Gasteiger partial charge in [-0.15, -0.1) is 0 Å². The number of benzene rings is 1. The van der Waals surface area contributed by atoms with Crippen LogP contribution >= 0.6 is 0 Å². The molecular weight excluding hydrogens is 220 g/mol. The molecule has 1 N–H and O–H groups in total. The fraction of sp³-hybridized carbons (Fsp3) is 0.167. The Bertz CT molecular complexity index is 543. The summed E-state index contributed by atoms with van der Waals surface area (Å²) in [6.07, 6.45) is 0. The van der Waals surface area contributed by atoms with Gasteiger partial charge in [0.15, 0.2) is 0 Å². The molecule has 0 radical (unpaired) electrons. The van der Waals surface area contributed by atoms with Crippen LogP contribution in [0.25, 0.3) is 11.3 Å². The summed E-state index contributed by atoms with van der Waals surface area (Å²) in [5, 5.41) is 13.1. The van der Waals surface area contributed by atoms with Crippen molar-refractivity contribution in [1.29, 1.82) is 0 Å². The number of ether oxygens (including phenoxy) is 1. The molecule has 1 heterocycles. The number of carbonyl (C=O) groups is 1. The molecule has 0 unspecified atom stereocenters. The molecule has 0 aliphatic carbocycles. The van der Waals surface area contributed by atoms with Gasteiger partial charge in [-0.05, 0) is 30.3 Å². The molecule has 0 aliphatic rings. The molecule has 1 aromatic heterocycles. The molecule has 0 bridgehead atoms. The highest BCUT2D eigenvalue weighted by molar-refractivity contribution is 5.87. The first kappa shape index (κ1) is 11.2. The van der Waals surface area contributed by atoms with Crippen LogP contribution < -0.4 is 4.74 Å². The first-order chi connectivity index (χ1) is 8.11. The maximum Gasteiger partial charge on any atom is 0.354 e. The lowest BCUT2D eigenvalue weighted by Gasteiger charge is -2.00. The highest BCUT2D eigenvalue weighted by atomic mass is 16.5. The maximum absolute atomic E-state index is 10.9. The Morgan fingerprint density at radius 1 is 1.35 bits per heavy atom. The fourth-order valence-corrected chi connectivity index (χ4v) is 1.57. The summed E-state index contributed by atoms with van der Waals surface area (Å²) >= 11 is 0. The van der Waals surface area contributed by atoms with Gasteiger partial charge in [-0.3, -0.25) is 4.68 Å². The highest BCUT2D eigenvalue weighted by Crippen LogP contribution is 2.21. The van der Waals surface area contributed by atoms with Crippen LogP contribution in [0.1, 0.15) is 10.5 Å². The molecule has 2 aromatic rings. The maximum atomic E-state index is 10.9. The molecular formula is C12H12N2O3. The lowest BCUT2D eigenvalue weighted by molar-refractivity contribution is 0.0685. The predicted octanol–water partition coefficient (Wildman–Crippen LogP) is 1.79. The molecule has 0 aliphatic heterocycles. The van der Waals surface area contributed by atoms with E-state index in [1.165, 1.54) is 4.68 Å². The Hall–Kier alpha value is -2.30.